The van der Waals surface area contributed by atoms with Crippen LogP contribution in [0.1, 0.15) is 17.4 Å². The molecule has 3 nitrogen and oxygen atoms in total. The van der Waals surface area contributed by atoms with E-state index in [0.717, 1.165) is 6.07 Å². The van der Waals surface area contributed by atoms with E-state index in [2.05, 4.69) is 4.98 Å². The van der Waals surface area contributed by atoms with Crippen molar-refractivity contribution in [1.29, 1.82) is 0 Å². The number of nitrogens with zero attached hydrogens (tertiary/aromatic N) is 1. The Bertz CT molecular complexity index is 1040. The van der Waals surface area contributed by atoms with Gasteiger partial charge in [-0.05, 0) is 42.3 Å². The minimum atomic E-state index is -9.86. The fourth-order valence-electron chi connectivity index (χ4n) is 2.61. The number of benzene rings is 2. The molecular weight excluding hydrogens is 389 g/mol. The number of esters is 1. The molecule has 0 bridgehead atoms. The van der Waals surface area contributed by atoms with Crippen LogP contribution in [0.4, 0.5) is 19.4 Å². The summed E-state index contributed by atoms with van der Waals surface area (Å²) in [5.74, 6) is -0.756. The number of pyridine rings is 1. The Morgan fingerprint density at radius 1 is 1.00 bits per heavy atom. The van der Waals surface area contributed by atoms with Crippen LogP contribution in [0.2, 0.25) is 0 Å². The Kier molecular flexibility index (Phi) is 4.00. The predicted octanol–water partition coefficient (Wildman–Crippen LogP) is 6.74. The third kappa shape index (κ3) is 4.02. The molecule has 9 heteroatoms. The molecule has 27 heavy (non-hydrogen) atoms. The second kappa shape index (κ2) is 5.66. The van der Waals surface area contributed by atoms with Gasteiger partial charge in [-0.3, -0.25) is 0 Å². The van der Waals surface area contributed by atoms with Crippen LogP contribution in [0.5, 0.6) is 0 Å². The maximum atomic E-state index is 13.2. The standard InChI is InChI=1S/C18H14F5NO2S/c1-2-26-18(25)17-11-14(12-6-4-3-5-7-12)15-10-13(8-9-16(15)24-17)27(19,20,21,22)23/h3-11H,2H2,1H3. The lowest BCUT2D eigenvalue weighted by molar-refractivity contribution is 0.0520. The van der Waals surface area contributed by atoms with Crippen molar-refractivity contribution in [2.45, 2.75) is 11.8 Å². The number of carbonyl (C=O) groups is 1. The quantitative estimate of drug-likeness (QED) is 0.358. The molecule has 144 valence electrons. The van der Waals surface area contributed by atoms with Crippen LogP contribution in [0.15, 0.2) is 59.5 Å². The summed E-state index contributed by atoms with van der Waals surface area (Å²) in [5, 5.41) is -0.139. The molecule has 0 fully saturated rings. The molecule has 0 unspecified atom stereocenters. The van der Waals surface area contributed by atoms with Gasteiger partial charge >= 0.3 is 16.2 Å². The molecule has 0 aliphatic carbocycles. The lowest BCUT2D eigenvalue weighted by Gasteiger charge is -2.40. The van der Waals surface area contributed by atoms with Crippen molar-refractivity contribution in [3.05, 3.63) is 60.3 Å². The molecule has 0 spiro atoms. The van der Waals surface area contributed by atoms with Crippen LogP contribution in [0.25, 0.3) is 22.0 Å². The number of carbonyl (C=O) groups excluding carboxylic acids is 1. The van der Waals surface area contributed by atoms with Crippen LogP contribution in [-0.4, -0.2) is 17.6 Å². The van der Waals surface area contributed by atoms with E-state index in [9.17, 15) is 24.2 Å². The van der Waals surface area contributed by atoms with Crippen LogP contribution in [0, 0.1) is 0 Å². The maximum absolute atomic E-state index is 13.2. The largest absolute Gasteiger partial charge is 0.461 e. The molecule has 0 saturated heterocycles. The maximum Gasteiger partial charge on any atom is 0.356 e. The molecule has 0 aliphatic rings. The average molecular weight is 403 g/mol. The predicted molar refractivity (Wildman–Crippen MR) is 94.5 cm³/mol. The molecule has 0 aliphatic heterocycles. The number of hydrogen-bond donors (Lipinski definition) is 0. The van der Waals surface area contributed by atoms with Crippen molar-refractivity contribution >= 4 is 27.1 Å². The van der Waals surface area contributed by atoms with Gasteiger partial charge in [0.1, 0.15) is 10.6 Å². The van der Waals surface area contributed by atoms with Crippen molar-refractivity contribution in [2.75, 3.05) is 6.61 Å². The van der Waals surface area contributed by atoms with Gasteiger partial charge in [0.05, 0.1) is 12.1 Å². The Morgan fingerprint density at radius 2 is 1.67 bits per heavy atom. The van der Waals surface area contributed by atoms with Crippen LogP contribution < -0.4 is 0 Å². The zero-order valence-electron chi connectivity index (χ0n) is 14.0. The highest BCUT2D eigenvalue weighted by molar-refractivity contribution is 8.45. The molecule has 0 radical (unpaired) electrons. The third-order valence-corrected chi connectivity index (χ3v) is 4.94. The van der Waals surface area contributed by atoms with E-state index in [1.165, 1.54) is 6.07 Å². The van der Waals surface area contributed by atoms with Crippen molar-refractivity contribution in [3.63, 3.8) is 0 Å². The summed E-state index contributed by atoms with van der Waals surface area (Å²) in [7, 11) is -9.86. The summed E-state index contributed by atoms with van der Waals surface area (Å²) in [6, 6.07) is 10.9. The first-order valence-corrected chi connectivity index (χ1v) is 9.75. The molecule has 0 amide bonds. The topological polar surface area (TPSA) is 39.2 Å². The Morgan fingerprint density at radius 3 is 2.26 bits per heavy atom. The van der Waals surface area contributed by atoms with Gasteiger partial charge in [0.2, 0.25) is 0 Å². The highest BCUT2D eigenvalue weighted by atomic mass is 32.5. The minimum absolute atomic E-state index is 0.0231. The molecule has 3 rings (SSSR count). The third-order valence-electron chi connectivity index (χ3n) is 3.79. The number of halogens is 5. The first-order chi connectivity index (χ1) is 12.4. The summed E-state index contributed by atoms with van der Waals surface area (Å²) in [4.78, 5) is 14.0. The summed E-state index contributed by atoms with van der Waals surface area (Å²) in [6.45, 7) is 1.68. The van der Waals surface area contributed by atoms with Gasteiger partial charge in [-0.25, -0.2) is 9.78 Å². The molecule has 0 saturated carbocycles. The molecular formula is C18H14F5NO2S. The Hall–Kier alpha value is -2.68. The second-order valence-electron chi connectivity index (χ2n) is 5.79. The summed E-state index contributed by atoms with van der Waals surface area (Å²) < 4.78 is 71.0. The van der Waals surface area contributed by atoms with Gasteiger partial charge in [0.15, 0.2) is 0 Å². The van der Waals surface area contributed by atoms with E-state index >= 15 is 0 Å². The van der Waals surface area contributed by atoms with Gasteiger partial charge in [0, 0.05) is 5.39 Å². The number of aromatic nitrogens is 1. The Balaban J connectivity index is 2.34. The molecule has 1 aromatic heterocycles. The summed E-state index contributed by atoms with van der Waals surface area (Å²) in [5.41, 5.74) is 0.482. The van der Waals surface area contributed by atoms with Gasteiger partial charge in [-0.1, -0.05) is 49.8 Å². The van der Waals surface area contributed by atoms with E-state index < -0.39 is 21.1 Å². The van der Waals surface area contributed by atoms with E-state index in [0.29, 0.717) is 11.6 Å². The number of fused-ring (bicyclic) bond motifs is 1. The number of hydrogen-bond acceptors (Lipinski definition) is 3. The van der Waals surface area contributed by atoms with E-state index in [4.69, 9.17) is 4.74 Å². The van der Waals surface area contributed by atoms with E-state index in [1.807, 2.05) is 0 Å². The number of ether oxygens (including phenoxy) is 1. The lowest BCUT2D eigenvalue weighted by atomic mass is 10.00. The molecule has 0 N–H and O–H groups in total. The fraction of sp³-hybridized carbons (Fsp3) is 0.111. The van der Waals surface area contributed by atoms with Crippen molar-refractivity contribution < 1.29 is 29.0 Å². The number of rotatable bonds is 4. The fourth-order valence-corrected chi connectivity index (χ4v) is 3.28. The molecule has 0 atom stereocenters. The normalized spacial score (nSPS) is 14.4. The van der Waals surface area contributed by atoms with Crippen molar-refractivity contribution in [3.8, 4) is 11.1 Å². The van der Waals surface area contributed by atoms with Gasteiger partial charge in [0.25, 0.3) is 0 Å². The lowest BCUT2D eigenvalue weighted by Crippen LogP contribution is -2.09. The minimum Gasteiger partial charge on any atom is -0.461 e. The Labute approximate surface area is 151 Å². The zero-order chi connectivity index (χ0) is 19.9. The molecule has 1 heterocycles. The smallest absolute Gasteiger partial charge is 0.356 e. The highest BCUT2D eigenvalue weighted by Gasteiger charge is 2.65. The van der Waals surface area contributed by atoms with E-state index in [1.54, 1.807) is 37.3 Å². The van der Waals surface area contributed by atoms with E-state index in [-0.39, 0.29) is 34.8 Å². The average Bonchev–Trinajstić information content (AvgIpc) is 2.59. The summed E-state index contributed by atoms with van der Waals surface area (Å²) in [6.07, 6.45) is 0. The monoisotopic (exact) mass is 403 g/mol. The van der Waals surface area contributed by atoms with Crippen LogP contribution >= 0.6 is 10.2 Å². The molecule has 2 aromatic carbocycles. The zero-order valence-corrected chi connectivity index (χ0v) is 14.8. The van der Waals surface area contributed by atoms with Crippen molar-refractivity contribution in [2.24, 2.45) is 0 Å². The van der Waals surface area contributed by atoms with Crippen LogP contribution in [0.3, 0.4) is 0 Å². The van der Waals surface area contributed by atoms with Gasteiger partial charge in [-0.2, -0.15) is 0 Å². The van der Waals surface area contributed by atoms with Gasteiger partial charge < -0.3 is 4.74 Å². The SMILES string of the molecule is CCOC(=O)c1cc(-c2ccccc2)c2cc(S(F)(F)(F)(F)F)ccc2n1. The second-order valence-corrected chi connectivity index (χ2v) is 8.20. The van der Waals surface area contributed by atoms with Crippen molar-refractivity contribution in [1.82, 2.24) is 4.98 Å². The summed E-state index contributed by atoms with van der Waals surface area (Å²) >= 11 is 0. The first-order valence-electron chi connectivity index (χ1n) is 7.80. The van der Waals surface area contributed by atoms with Gasteiger partial charge in [-0.15, -0.1) is 0 Å². The highest BCUT2D eigenvalue weighted by Crippen LogP contribution is 3.02. The van der Waals surface area contributed by atoms with Crippen LogP contribution in [-0.2, 0) is 4.74 Å². The first kappa shape index (κ1) is 19.1. The molecule has 3 aromatic rings.